The summed E-state index contributed by atoms with van der Waals surface area (Å²) in [4.78, 5) is 70.0. The van der Waals surface area contributed by atoms with Gasteiger partial charge in [0.25, 0.3) is 5.91 Å². The summed E-state index contributed by atoms with van der Waals surface area (Å²) in [5, 5.41) is 11.3. The molecule has 1 fully saturated rings. The van der Waals surface area contributed by atoms with Gasteiger partial charge in [0, 0.05) is 35.4 Å². The van der Waals surface area contributed by atoms with Gasteiger partial charge in [-0.3, -0.25) is 19.2 Å². The second-order valence-corrected chi connectivity index (χ2v) is 14.6. The van der Waals surface area contributed by atoms with Crippen LogP contribution < -0.4 is 15.8 Å². The molecule has 4 N–H and O–H groups in total. The van der Waals surface area contributed by atoms with E-state index in [1.165, 1.54) is 25.3 Å². The molecule has 304 valence electrons. The van der Waals surface area contributed by atoms with Gasteiger partial charge in [-0.25, -0.2) is 9.78 Å². The Labute approximate surface area is 334 Å². The van der Waals surface area contributed by atoms with Crippen molar-refractivity contribution >= 4 is 41.4 Å². The first-order valence-corrected chi connectivity index (χ1v) is 19.4. The summed E-state index contributed by atoms with van der Waals surface area (Å²) >= 11 is 0. The van der Waals surface area contributed by atoms with Crippen LogP contribution in [0.1, 0.15) is 120 Å². The molecule has 1 aromatic heterocycles. The third kappa shape index (κ3) is 13.2. The quantitative estimate of drug-likeness (QED) is 0.0298. The molecule has 0 unspecified atom stereocenters. The Bertz CT molecular complexity index is 1940. The first-order valence-electron chi connectivity index (χ1n) is 19.4. The van der Waals surface area contributed by atoms with Gasteiger partial charge in [0.1, 0.15) is 17.5 Å². The second-order valence-electron chi connectivity index (χ2n) is 14.6. The normalized spacial score (nSPS) is 12.7. The third-order valence-corrected chi connectivity index (χ3v) is 9.42. The lowest BCUT2D eigenvalue weighted by Crippen LogP contribution is -2.34. The van der Waals surface area contributed by atoms with Crippen molar-refractivity contribution in [1.82, 2.24) is 10.3 Å². The number of amides is 1. The number of nitrogens with one attached hydrogen (secondary N) is 2. The van der Waals surface area contributed by atoms with Crippen LogP contribution in [0.3, 0.4) is 0 Å². The van der Waals surface area contributed by atoms with E-state index in [1.807, 2.05) is 13.8 Å². The summed E-state index contributed by atoms with van der Waals surface area (Å²) in [5.74, 6) is -2.13. The van der Waals surface area contributed by atoms with Gasteiger partial charge in [0.05, 0.1) is 20.1 Å². The molecular formula is C44H54N4O9. The molecule has 3 aromatic rings. The molecule has 1 amide bonds. The minimum Gasteiger partial charge on any atom is -0.496 e. The number of nitrogens with two attached hydrogens (primary N) is 1. The highest BCUT2D eigenvalue weighted by Gasteiger charge is 2.27. The lowest BCUT2D eigenvalue weighted by atomic mass is 9.90. The number of Topliss-reactive ketones (excluding diaryl/α,β-unsaturated/α-hetero) is 1. The number of esters is 3. The lowest BCUT2D eigenvalue weighted by molar-refractivity contribution is -0.154. The predicted molar refractivity (Wildman–Crippen MR) is 216 cm³/mol. The molecule has 1 atom stereocenters. The smallest absolute Gasteiger partial charge is 0.360 e. The Morgan fingerprint density at radius 2 is 1.72 bits per heavy atom. The van der Waals surface area contributed by atoms with Gasteiger partial charge in [-0.2, -0.15) is 0 Å². The number of nitrogens with zero attached hydrogens (tertiary/aromatic N) is 1. The van der Waals surface area contributed by atoms with Crippen molar-refractivity contribution in [3.8, 4) is 16.9 Å². The maximum atomic E-state index is 14.2. The maximum absolute atomic E-state index is 14.2. The number of methoxy groups -OCH3 is 1. The summed E-state index contributed by atoms with van der Waals surface area (Å²) in [5.41, 5.74) is 8.00. The van der Waals surface area contributed by atoms with Gasteiger partial charge in [-0.05, 0) is 78.5 Å². The lowest BCUT2D eigenvalue weighted by Gasteiger charge is -2.17. The van der Waals surface area contributed by atoms with Crippen molar-refractivity contribution in [2.75, 3.05) is 27.1 Å². The first-order chi connectivity index (χ1) is 27.3. The number of rotatable bonds is 23. The number of aromatic nitrogens is 1. The predicted octanol–water partition coefficient (Wildman–Crippen LogP) is 6.88. The molecule has 0 aliphatic heterocycles. The molecule has 1 heterocycles. The summed E-state index contributed by atoms with van der Waals surface area (Å²) in [7, 11) is 1.46. The van der Waals surface area contributed by atoms with Crippen molar-refractivity contribution in [1.29, 1.82) is 5.41 Å². The number of ketones is 1. The van der Waals surface area contributed by atoms with Crippen LogP contribution in [0.2, 0.25) is 0 Å². The van der Waals surface area contributed by atoms with Crippen LogP contribution in [0.4, 0.5) is 0 Å². The summed E-state index contributed by atoms with van der Waals surface area (Å²) in [6.07, 6.45) is 7.65. The summed E-state index contributed by atoms with van der Waals surface area (Å²) < 4.78 is 21.3. The number of carbonyl (C=O) groups is 5. The zero-order valence-corrected chi connectivity index (χ0v) is 33.3. The molecule has 2 aromatic carbocycles. The standard InChI is InChI=1S/C44H54N4O9/c1-6-8-9-10-19-55-40(50)24-35(45)31-15-13-28(14-16-31)21-38(49)34-22-30(7-2)39(54-5)23-33(34)32-17-18-37(42(51)47-25-29-11-12-29)48-41(32)44(53)57-26-56-43(52)36(46)20-27(3)4/h7,13-18,22-23,27,29,36,45H,2,6,8-12,19-21,24-26,46H2,1,3-5H3,(H,47,51)/t36-/m0/s1. The van der Waals surface area contributed by atoms with Crippen LogP contribution in [-0.2, 0) is 30.2 Å². The molecule has 0 spiro atoms. The van der Waals surface area contributed by atoms with Crippen LogP contribution in [0.25, 0.3) is 17.2 Å². The van der Waals surface area contributed by atoms with E-state index in [-0.39, 0.29) is 58.3 Å². The van der Waals surface area contributed by atoms with E-state index in [9.17, 15) is 24.0 Å². The van der Waals surface area contributed by atoms with Gasteiger partial charge >= 0.3 is 17.9 Å². The molecule has 0 saturated heterocycles. The van der Waals surface area contributed by atoms with Gasteiger partial charge in [-0.15, -0.1) is 0 Å². The average Bonchev–Trinajstić information content (AvgIpc) is 4.03. The SMILES string of the molecule is C=Cc1cc(C(=O)Cc2ccc(C(=N)CC(=O)OCCCCCC)cc2)c(-c2ccc(C(=O)NCC3CC3)nc2C(=O)OCOC(=O)[C@@H](N)CC(C)C)cc1OC. The molecule has 57 heavy (non-hydrogen) atoms. The van der Waals surface area contributed by atoms with E-state index >= 15 is 0 Å². The van der Waals surface area contributed by atoms with E-state index < -0.39 is 36.6 Å². The fraction of sp³-hybridized carbons (Fsp3) is 0.432. The molecule has 0 radical (unpaired) electrons. The maximum Gasteiger partial charge on any atom is 0.360 e. The Kier molecular flexibility index (Phi) is 16.7. The van der Waals surface area contributed by atoms with Crippen molar-refractivity contribution in [2.45, 2.75) is 84.6 Å². The Morgan fingerprint density at radius 1 is 0.982 bits per heavy atom. The zero-order valence-electron chi connectivity index (χ0n) is 33.3. The highest BCUT2D eigenvalue weighted by Crippen LogP contribution is 2.35. The van der Waals surface area contributed by atoms with Gasteiger partial charge in [0.15, 0.2) is 11.5 Å². The Balaban J connectivity index is 1.61. The zero-order chi connectivity index (χ0) is 41.5. The molecule has 13 nitrogen and oxygen atoms in total. The number of hydrogen-bond acceptors (Lipinski definition) is 12. The summed E-state index contributed by atoms with van der Waals surface area (Å²) in [6.45, 7) is 9.84. The highest BCUT2D eigenvalue weighted by atomic mass is 16.7. The van der Waals surface area contributed by atoms with Crippen LogP contribution in [0, 0.1) is 17.2 Å². The molecule has 1 saturated carbocycles. The molecule has 1 aliphatic rings. The molecule has 13 heteroatoms. The Morgan fingerprint density at radius 3 is 2.37 bits per heavy atom. The Hall–Kier alpha value is -5.69. The van der Waals surface area contributed by atoms with Crippen molar-refractivity contribution in [3.05, 3.63) is 88.8 Å². The van der Waals surface area contributed by atoms with Crippen molar-refractivity contribution in [3.63, 3.8) is 0 Å². The van der Waals surface area contributed by atoms with Crippen LogP contribution in [0.15, 0.2) is 55.1 Å². The monoisotopic (exact) mass is 782 g/mol. The van der Waals surface area contributed by atoms with Crippen molar-refractivity contribution in [2.24, 2.45) is 17.6 Å². The van der Waals surface area contributed by atoms with E-state index in [1.54, 1.807) is 36.4 Å². The molecule has 4 rings (SSSR count). The molecular weight excluding hydrogens is 729 g/mol. The average molecular weight is 783 g/mol. The molecule has 1 aliphatic carbocycles. The fourth-order valence-corrected chi connectivity index (χ4v) is 6.03. The number of pyridine rings is 1. The van der Waals surface area contributed by atoms with E-state index in [2.05, 4.69) is 23.8 Å². The van der Waals surface area contributed by atoms with E-state index in [0.29, 0.717) is 47.9 Å². The third-order valence-electron chi connectivity index (χ3n) is 9.42. The van der Waals surface area contributed by atoms with Crippen LogP contribution >= 0.6 is 0 Å². The van der Waals surface area contributed by atoms with E-state index in [4.69, 9.17) is 30.1 Å². The van der Waals surface area contributed by atoms with Crippen molar-refractivity contribution < 1.29 is 42.9 Å². The van der Waals surface area contributed by atoms with Gasteiger partial charge in [-0.1, -0.05) is 77.0 Å². The fourth-order valence-electron chi connectivity index (χ4n) is 6.03. The van der Waals surface area contributed by atoms with Gasteiger partial charge < -0.3 is 35.4 Å². The summed E-state index contributed by atoms with van der Waals surface area (Å²) in [6, 6.07) is 12.0. The minimum atomic E-state index is -1.00. The van der Waals surface area contributed by atoms with Crippen LogP contribution in [-0.4, -0.2) is 73.4 Å². The van der Waals surface area contributed by atoms with E-state index in [0.717, 1.165) is 38.5 Å². The number of unbranched alkanes of at least 4 members (excludes halogenated alkanes) is 3. The number of hydrogen-bond donors (Lipinski definition) is 3. The van der Waals surface area contributed by atoms with Crippen LogP contribution in [0.5, 0.6) is 5.75 Å². The number of carbonyl (C=O) groups excluding carboxylic acids is 5. The minimum absolute atomic E-state index is 0.0456. The molecule has 0 bridgehead atoms. The largest absolute Gasteiger partial charge is 0.496 e. The number of ether oxygens (including phenoxy) is 4. The highest BCUT2D eigenvalue weighted by molar-refractivity contribution is 6.09. The first kappa shape index (κ1) is 44.0. The second kappa shape index (κ2) is 21.6. The number of benzene rings is 2. The topological polar surface area (TPSA) is 197 Å². The van der Waals surface area contributed by atoms with Gasteiger partial charge in [0.2, 0.25) is 6.79 Å².